The van der Waals surface area contributed by atoms with E-state index in [4.69, 9.17) is 13.8 Å². The maximum atomic E-state index is 6.56. The van der Waals surface area contributed by atoms with Crippen molar-refractivity contribution in [2.75, 3.05) is 4.90 Å². The van der Waals surface area contributed by atoms with Crippen molar-refractivity contribution < 1.29 is 8.83 Å². The van der Waals surface area contributed by atoms with E-state index in [1.165, 1.54) is 22.3 Å². The molecule has 0 saturated heterocycles. The van der Waals surface area contributed by atoms with Crippen LogP contribution in [0.4, 0.5) is 17.1 Å². The molecule has 2 aromatic heterocycles. The standard InChI is InChI=1S/C49H32N2O2/c1-4-13-33(14-5-1)37-17-12-18-38(31-37)34-23-27-40(28-24-34)51(39-19-8-3-9-20-39)41-29-25-35(26-30-41)43-32-45-46(42-21-10-11-22-44(42)52-45)48-47(43)50-49(53-48)36-15-6-2-7-16-36/h1-32H. The zero-order valence-electron chi connectivity index (χ0n) is 28.7. The molecule has 0 aliphatic rings. The molecule has 250 valence electrons. The largest absolute Gasteiger partial charge is 0.456 e. The highest BCUT2D eigenvalue weighted by atomic mass is 16.4. The molecule has 10 aromatic rings. The van der Waals surface area contributed by atoms with Crippen molar-refractivity contribution in [1.82, 2.24) is 4.98 Å². The summed E-state index contributed by atoms with van der Waals surface area (Å²) in [4.78, 5) is 7.37. The van der Waals surface area contributed by atoms with Gasteiger partial charge in [0.05, 0.1) is 5.39 Å². The van der Waals surface area contributed by atoms with Gasteiger partial charge in [-0.25, -0.2) is 4.98 Å². The molecule has 0 saturated carbocycles. The Hall–Kier alpha value is -7.17. The van der Waals surface area contributed by atoms with Crippen LogP contribution in [0.15, 0.2) is 203 Å². The smallest absolute Gasteiger partial charge is 0.227 e. The van der Waals surface area contributed by atoms with E-state index in [1.807, 2.05) is 48.5 Å². The monoisotopic (exact) mass is 680 g/mol. The van der Waals surface area contributed by atoms with Gasteiger partial charge in [0.25, 0.3) is 0 Å². The molecule has 4 nitrogen and oxygen atoms in total. The van der Waals surface area contributed by atoms with Crippen molar-refractivity contribution in [3.05, 3.63) is 194 Å². The number of furan rings is 1. The van der Waals surface area contributed by atoms with Crippen LogP contribution in [0.5, 0.6) is 0 Å². The zero-order chi connectivity index (χ0) is 35.1. The van der Waals surface area contributed by atoms with Gasteiger partial charge in [-0.15, -0.1) is 0 Å². The molecule has 0 aliphatic heterocycles. The number of anilines is 3. The maximum Gasteiger partial charge on any atom is 0.227 e. The average Bonchev–Trinajstić information content (AvgIpc) is 3.85. The van der Waals surface area contributed by atoms with Crippen molar-refractivity contribution in [2.45, 2.75) is 0 Å². The van der Waals surface area contributed by atoms with Crippen LogP contribution in [0.1, 0.15) is 0 Å². The molecule has 0 unspecified atom stereocenters. The predicted octanol–water partition coefficient (Wildman–Crippen LogP) is 13.9. The summed E-state index contributed by atoms with van der Waals surface area (Å²) < 4.78 is 13.0. The fourth-order valence-corrected chi connectivity index (χ4v) is 7.32. The molecular formula is C49H32N2O2. The SMILES string of the molecule is c1ccc(-c2cccc(-c3ccc(N(c4ccccc4)c4ccc(-c5cc6oc7ccccc7c6c6oc(-c7ccccc7)nc56)cc4)cc3)c2)cc1. The second-order valence-corrected chi connectivity index (χ2v) is 13.2. The predicted molar refractivity (Wildman–Crippen MR) is 218 cm³/mol. The van der Waals surface area contributed by atoms with Crippen LogP contribution in [0, 0.1) is 0 Å². The Kier molecular flexibility index (Phi) is 7.43. The number of nitrogens with zero attached hydrogens (tertiary/aromatic N) is 2. The highest BCUT2D eigenvalue weighted by Crippen LogP contribution is 2.43. The van der Waals surface area contributed by atoms with Gasteiger partial charge in [-0.2, -0.15) is 0 Å². The highest BCUT2D eigenvalue weighted by molar-refractivity contribution is 6.19. The van der Waals surface area contributed by atoms with E-state index in [9.17, 15) is 0 Å². The van der Waals surface area contributed by atoms with Crippen LogP contribution in [0.3, 0.4) is 0 Å². The second kappa shape index (κ2) is 12.9. The summed E-state index contributed by atoms with van der Waals surface area (Å²) in [6.45, 7) is 0. The topological polar surface area (TPSA) is 42.4 Å². The lowest BCUT2D eigenvalue weighted by Crippen LogP contribution is -2.09. The number of aromatic nitrogens is 1. The number of hydrogen-bond acceptors (Lipinski definition) is 4. The first-order chi connectivity index (χ1) is 26.3. The number of hydrogen-bond donors (Lipinski definition) is 0. The number of fused-ring (bicyclic) bond motifs is 5. The molecule has 4 heteroatoms. The van der Waals surface area contributed by atoms with E-state index in [0.717, 1.165) is 66.8 Å². The van der Waals surface area contributed by atoms with Crippen molar-refractivity contribution in [3.8, 4) is 44.8 Å². The summed E-state index contributed by atoms with van der Waals surface area (Å²) >= 11 is 0. The fourth-order valence-electron chi connectivity index (χ4n) is 7.32. The number of rotatable bonds is 7. The van der Waals surface area contributed by atoms with Gasteiger partial charge in [-0.3, -0.25) is 0 Å². The molecule has 0 N–H and O–H groups in total. The van der Waals surface area contributed by atoms with Gasteiger partial charge in [-0.05, 0) is 94.5 Å². The maximum absolute atomic E-state index is 6.56. The highest BCUT2D eigenvalue weighted by Gasteiger charge is 2.21. The molecule has 2 heterocycles. The van der Waals surface area contributed by atoms with Gasteiger partial charge in [0.2, 0.25) is 5.89 Å². The molecule has 0 amide bonds. The van der Waals surface area contributed by atoms with Gasteiger partial charge >= 0.3 is 0 Å². The van der Waals surface area contributed by atoms with Gasteiger partial charge in [-0.1, -0.05) is 127 Å². The van der Waals surface area contributed by atoms with Crippen molar-refractivity contribution in [1.29, 1.82) is 0 Å². The lowest BCUT2D eigenvalue weighted by atomic mass is 9.98. The minimum Gasteiger partial charge on any atom is -0.456 e. The third-order valence-corrected chi connectivity index (χ3v) is 9.91. The summed E-state index contributed by atoms with van der Waals surface area (Å²) in [6, 6.07) is 67.5. The molecule has 0 spiro atoms. The van der Waals surface area contributed by atoms with Crippen LogP contribution in [-0.4, -0.2) is 4.98 Å². The third-order valence-electron chi connectivity index (χ3n) is 9.91. The first kappa shape index (κ1) is 30.6. The molecule has 10 rings (SSSR count). The van der Waals surface area contributed by atoms with Crippen LogP contribution < -0.4 is 4.90 Å². The first-order valence-electron chi connectivity index (χ1n) is 17.8. The second-order valence-electron chi connectivity index (χ2n) is 13.2. The molecule has 0 radical (unpaired) electrons. The van der Waals surface area contributed by atoms with Crippen LogP contribution >= 0.6 is 0 Å². The number of para-hydroxylation sites is 2. The van der Waals surface area contributed by atoms with Gasteiger partial charge in [0.15, 0.2) is 5.58 Å². The number of benzene rings is 8. The summed E-state index contributed by atoms with van der Waals surface area (Å²) in [5.74, 6) is 0.585. The zero-order valence-corrected chi connectivity index (χ0v) is 28.7. The van der Waals surface area contributed by atoms with E-state index in [1.54, 1.807) is 0 Å². The van der Waals surface area contributed by atoms with E-state index >= 15 is 0 Å². The Morgan fingerprint density at radius 3 is 1.58 bits per heavy atom. The quantitative estimate of drug-likeness (QED) is 0.168. The van der Waals surface area contributed by atoms with E-state index in [0.29, 0.717) is 5.89 Å². The Balaban J connectivity index is 1.05. The Morgan fingerprint density at radius 2 is 0.906 bits per heavy atom. The van der Waals surface area contributed by atoms with Gasteiger partial charge in [0, 0.05) is 33.6 Å². The Morgan fingerprint density at radius 1 is 0.377 bits per heavy atom. The van der Waals surface area contributed by atoms with Crippen LogP contribution in [0.2, 0.25) is 0 Å². The molecule has 8 aromatic carbocycles. The summed E-state index contributed by atoms with van der Waals surface area (Å²) in [6.07, 6.45) is 0. The molecule has 0 fully saturated rings. The first-order valence-corrected chi connectivity index (χ1v) is 17.8. The fraction of sp³-hybridized carbons (Fsp3) is 0. The van der Waals surface area contributed by atoms with Crippen molar-refractivity contribution >= 4 is 50.1 Å². The van der Waals surface area contributed by atoms with E-state index in [-0.39, 0.29) is 0 Å². The molecular weight excluding hydrogens is 649 g/mol. The summed E-state index contributed by atoms with van der Waals surface area (Å²) in [5, 5.41) is 1.95. The minimum atomic E-state index is 0.585. The van der Waals surface area contributed by atoms with Crippen molar-refractivity contribution in [3.63, 3.8) is 0 Å². The molecule has 0 atom stereocenters. The summed E-state index contributed by atoms with van der Waals surface area (Å²) in [7, 11) is 0. The van der Waals surface area contributed by atoms with E-state index in [2.05, 4.69) is 150 Å². The van der Waals surface area contributed by atoms with Gasteiger partial charge < -0.3 is 13.7 Å². The Labute approximate surface area is 306 Å². The lowest BCUT2D eigenvalue weighted by molar-refractivity contribution is 0.622. The Bertz CT molecular complexity index is 2860. The van der Waals surface area contributed by atoms with Gasteiger partial charge in [0.1, 0.15) is 16.7 Å². The lowest BCUT2D eigenvalue weighted by Gasteiger charge is -2.26. The minimum absolute atomic E-state index is 0.585. The van der Waals surface area contributed by atoms with Crippen LogP contribution in [-0.2, 0) is 0 Å². The summed E-state index contributed by atoms with van der Waals surface area (Å²) in [5.41, 5.74) is 14.0. The normalized spacial score (nSPS) is 11.4. The molecule has 53 heavy (non-hydrogen) atoms. The average molecular weight is 681 g/mol. The molecule has 0 bridgehead atoms. The van der Waals surface area contributed by atoms with Crippen LogP contribution in [0.25, 0.3) is 77.9 Å². The third kappa shape index (κ3) is 5.54. The molecule has 0 aliphatic carbocycles. The number of oxazole rings is 1. The van der Waals surface area contributed by atoms with E-state index < -0.39 is 0 Å². The van der Waals surface area contributed by atoms with Crippen molar-refractivity contribution in [2.24, 2.45) is 0 Å².